The molecule has 6 nitrogen and oxygen atoms in total. The number of aromatic nitrogens is 2. The summed E-state index contributed by atoms with van der Waals surface area (Å²) in [6.45, 7) is 1.80. The first-order valence-electron chi connectivity index (χ1n) is 9.27. The van der Waals surface area contributed by atoms with E-state index in [1.165, 1.54) is 6.07 Å². The highest BCUT2D eigenvalue weighted by molar-refractivity contribution is 9.10. The number of nitrogens with one attached hydrogen (secondary N) is 2. The van der Waals surface area contributed by atoms with Gasteiger partial charge in [-0.1, -0.05) is 22.0 Å². The standard InChI is InChI=1S/C22H18BrFN4O2/c1-13(18-6-5-17(24)12-26-18)27-22(29)15-8-14(9-16(23)10-15)20-11-21(30-28-20)19-4-2-3-7-25-19/h2-13,21,28H,1H3,(H,27,29). The van der Waals surface area contributed by atoms with E-state index < -0.39 is 5.82 Å². The minimum atomic E-state index is -0.419. The van der Waals surface area contributed by atoms with Crippen molar-refractivity contribution in [1.29, 1.82) is 0 Å². The maximum absolute atomic E-state index is 13.1. The predicted octanol–water partition coefficient (Wildman–Crippen LogP) is 4.49. The van der Waals surface area contributed by atoms with Gasteiger partial charge in [0.15, 0.2) is 0 Å². The third-order valence-electron chi connectivity index (χ3n) is 4.61. The van der Waals surface area contributed by atoms with Crippen LogP contribution in [0.4, 0.5) is 4.39 Å². The smallest absolute Gasteiger partial charge is 0.251 e. The fourth-order valence-electron chi connectivity index (χ4n) is 3.07. The molecule has 3 heterocycles. The van der Waals surface area contributed by atoms with Gasteiger partial charge in [-0.2, -0.15) is 0 Å². The Morgan fingerprint density at radius 3 is 2.83 bits per heavy atom. The molecule has 8 heteroatoms. The average Bonchev–Trinajstić information content (AvgIpc) is 3.25. The number of halogens is 2. The van der Waals surface area contributed by atoms with E-state index in [0.717, 1.165) is 27.6 Å². The lowest BCUT2D eigenvalue weighted by atomic mass is 10.1. The van der Waals surface area contributed by atoms with Crippen LogP contribution in [0.1, 0.15) is 46.4 Å². The van der Waals surface area contributed by atoms with Crippen LogP contribution in [0.25, 0.3) is 5.70 Å². The van der Waals surface area contributed by atoms with Gasteiger partial charge in [-0.3, -0.25) is 25.1 Å². The minimum Gasteiger partial charge on any atom is -0.344 e. The summed E-state index contributed by atoms with van der Waals surface area (Å²) in [7, 11) is 0. The van der Waals surface area contributed by atoms with Crippen LogP contribution in [0, 0.1) is 5.82 Å². The van der Waals surface area contributed by atoms with Crippen molar-refractivity contribution < 1.29 is 14.0 Å². The topological polar surface area (TPSA) is 76.1 Å². The molecule has 1 amide bonds. The third kappa shape index (κ3) is 4.55. The molecule has 0 spiro atoms. The normalized spacial score (nSPS) is 16.5. The largest absolute Gasteiger partial charge is 0.344 e. The minimum absolute atomic E-state index is 0.267. The van der Waals surface area contributed by atoms with Crippen LogP contribution in [0.2, 0.25) is 0 Å². The van der Waals surface area contributed by atoms with Gasteiger partial charge in [-0.05, 0) is 55.5 Å². The highest BCUT2D eigenvalue weighted by Gasteiger charge is 2.22. The zero-order valence-electron chi connectivity index (χ0n) is 16.0. The van der Waals surface area contributed by atoms with Crippen molar-refractivity contribution in [3.8, 4) is 0 Å². The molecule has 0 saturated carbocycles. The van der Waals surface area contributed by atoms with Crippen LogP contribution >= 0.6 is 15.9 Å². The maximum Gasteiger partial charge on any atom is 0.251 e. The summed E-state index contributed by atoms with van der Waals surface area (Å²) in [5.74, 6) is -0.686. The van der Waals surface area contributed by atoms with Gasteiger partial charge >= 0.3 is 0 Å². The van der Waals surface area contributed by atoms with Crippen molar-refractivity contribution in [3.63, 3.8) is 0 Å². The van der Waals surface area contributed by atoms with Crippen LogP contribution in [0.15, 0.2) is 71.5 Å². The van der Waals surface area contributed by atoms with Crippen LogP contribution in [0.3, 0.4) is 0 Å². The molecule has 2 unspecified atom stereocenters. The molecule has 1 aliphatic rings. The molecule has 1 aromatic carbocycles. The second-order valence-corrected chi connectivity index (χ2v) is 7.72. The van der Waals surface area contributed by atoms with Crippen LogP contribution in [-0.2, 0) is 4.84 Å². The number of amides is 1. The van der Waals surface area contributed by atoms with E-state index in [-0.39, 0.29) is 18.1 Å². The zero-order valence-corrected chi connectivity index (χ0v) is 17.6. The Balaban J connectivity index is 1.53. The molecule has 152 valence electrons. The van der Waals surface area contributed by atoms with Gasteiger partial charge in [-0.25, -0.2) is 4.39 Å². The lowest BCUT2D eigenvalue weighted by Crippen LogP contribution is -2.27. The van der Waals surface area contributed by atoms with Gasteiger partial charge in [0.2, 0.25) is 0 Å². The van der Waals surface area contributed by atoms with Crippen LogP contribution in [0.5, 0.6) is 0 Å². The second kappa shape index (κ2) is 8.73. The van der Waals surface area contributed by atoms with E-state index in [4.69, 9.17) is 4.84 Å². The number of nitrogens with zero attached hydrogens (tertiary/aromatic N) is 2. The van der Waals surface area contributed by atoms with E-state index in [1.807, 2.05) is 30.3 Å². The van der Waals surface area contributed by atoms with E-state index in [1.54, 1.807) is 31.3 Å². The van der Waals surface area contributed by atoms with Crippen molar-refractivity contribution in [2.24, 2.45) is 0 Å². The second-order valence-electron chi connectivity index (χ2n) is 6.80. The first-order valence-corrected chi connectivity index (χ1v) is 10.1. The lowest BCUT2D eigenvalue weighted by Gasteiger charge is -2.14. The van der Waals surface area contributed by atoms with Crippen molar-refractivity contribution in [2.45, 2.75) is 19.1 Å². The molecule has 0 bridgehead atoms. The van der Waals surface area contributed by atoms with E-state index in [2.05, 4.69) is 36.7 Å². The molecule has 30 heavy (non-hydrogen) atoms. The number of hydrogen-bond donors (Lipinski definition) is 2. The molecule has 0 radical (unpaired) electrons. The van der Waals surface area contributed by atoms with Gasteiger partial charge in [0, 0.05) is 21.8 Å². The van der Waals surface area contributed by atoms with E-state index in [0.29, 0.717) is 11.3 Å². The fraction of sp³-hybridized carbons (Fsp3) is 0.136. The maximum atomic E-state index is 13.1. The monoisotopic (exact) mass is 468 g/mol. The third-order valence-corrected chi connectivity index (χ3v) is 5.06. The zero-order chi connectivity index (χ0) is 21.1. The van der Waals surface area contributed by atoms with Gasteiger partial charge < -0.3 is 5.32 Å². The number of hydrogen-bond acceptors (Lipinski definition) is 5. The summed E-state index contributed by atoms with van der Waals surface area (Å²) < 4.78 is 13.8. The molecule has 2 aromatic heterocycles. The Morgan fingerprint density at radius 2 is 2.10 bits per heavy atom. The highest BCUT2D eigenvalue weighted by Crippen LogP contribution is 2.29. The first kappa shape index (κ1) is 20.2. The molecule has 2 atom stereocenters. The molecule has 3 aromatic rings. The van der Waals surface area contributed by atoms with Gasteiger partial charge in [0.1, 0.15) is 11.9 Å². The van der Waals surface area contributed by atoms with Crippen molar-refractivity contribution in [3.05, 3.63) is 99.8 Å². The molecule has 0 saturated heterocycles. The summed E-state index contributed by atoms with van der Waals surface area (Å²) in [4.78, 5) is 26.7. The highest BCUT2D eigenvalue weighted by atomic mass is 79.9. The van der Waals surface area contributed by atoms with Crippen molar-refractivity contribution in [1.82, 2.24) is 20.8 Å². The van der Waals surface area contributed by atoms with Crippen molar-refractivity contribution >= 4 is 27.5 Å². The first-order chi connectivity index (χ1) is 14.5. The molecule has 4 rings (SSSR count). The molecule has 1 aliphatic heterocycles. The number of carbonyl (C=O) groups is 1. The summed E-state index contributed by atoms with van der Waals surface area (Å²) in [6, 6.07) is 13.5. The van der Waals surface area contributed by atoms with Gasteiger partial charge in [0.05, 0.1) is 29.3 Å². The number of hydroxylamine groups is 1. The Kier molecular flexibility index (Phi) is 5.87. The van der Waals surface area contributed by atoms with E-state index >= 15 is 0 Å². The SMILES string of the molecule is CC(NC(=O)c1cc(Br)cc(C2=CC(c3ccccn3)ON2)c1)c1ccc(F)cn1. The van der Waals surface area contributed by atoms with Gasteiger partial charge in [-0.15, -0.1) is 0 Å². The summed E-state index contributed by atoms with van der Waals surface area (Å²) >= 11 is 3.47. The molecular weight excluding hydrogens is 451 g/mol. The Labute approximate surface area is 181 Å². The summed E-state index contributed by atoms with van der Waals surface area (Å²) in [6.07, 6.45) is 4.44. The van der Waals surface area contributed by atoms with E-state index in [9.17, 15) is 9.18 Å². The fourth-order valence-corrected chi connectivity index (χ4v) is 3.56. The molecule has 0 fully saturated rings. The van der Waals surface area contributed by atoms with Gasteiger partial charge in [0.25, 0.3) is 5.91 Å². The summed E-state index contributed by atoms with van der Waals surface area (Å²) in [5.41, 5.74) is 6.28. The summed E-state index contributed by atoms with van der Waals surface area (Å²) in [5, 5.41) is 2.89. The number of benzene rings is 1. The predicted molar refractivity (Wildman–Crippen MR) is 113 cm³/mol. The Hall–Kier alpha value is -3.10. The number of carbonyl (C=O) groups excluding carboxylic acids is 1. The number of pyridine rings is 2. The lowest BCUT2D eigenvalue weighted by molar-refractivity contribution is 0.0487. The Bertz CT molecular complexity index is 1090. The van der Waals surface area contributed by atoms with Crippen LogP contribution in [-0.4, -0.2) is 15.9 Å². The quantitative estimate of drug-likeness (QED) is 0.576. The Morgan fingerprint density at radius 1 is 1.23 bits per heavy atom. The van der Waals surface area contributed by atoms with Crippen molar-refractivity contribution in [2.75, 3.05) is 0 Å². The molecule has 0 aliphatic carbocycles. The molecular formula is C22H18BrFN4O2. The molecule has 2 N–H and O–H groups in total. The van der Waals surface area contributed by atoms with Crippen LogP contribution < -0.4 is 10.8 Å². The average molecular weight is 469 g/mol. The number of rotatable bonds is 5.